The van der Waals surface area contributed by atoms with E-state index in [1.807, 2.05) is 31.2 Å². The molecule has 1 atom stereocenters. The van der Waals surface area contributed by atoms with E-state index in [2.05, 4.69) is 15.9 Å². The molecule has 2 N–H and O–H groups in total. The van der Waals surface area contributed by atoms with E-state index in [9.17, 15) is 4.79 Å². The van der Waals surface area contributed by atoms with Gasteiger partial charge < -0.3 is 10.6 Å². The van der Waals surface area contributed by atoms with Crippen LogP contribution in [0.5, 0.6) is 0 Å². The molecular weight excluding hydrogens is 280 g/mol. The van der Waals surface area contributed by atoms with Crippen LogP contribution in [-0.2, 0) is 11.3 Å². The molecule has 17 heavy (non-hydrogen) atoms. The van der Waals surface area contributed by atoms with Crippen molar-refractivity contribution >= 4 is 21.8 Å². The van der Waals surface area contributed by atoms with Gasteiger partial charge in [-0.05, 0) is 18.1 Å². The second kappa shape index (κ2) is 6.77. The van der Waals surface area contributed by atoms with Crippen molar-refractivity contribution in [1.29, 1.82) is 0 Å². The summed E-state index contributed by atoms with van der Waals surface area (Å²) in [6.45, 7) is 2.61. The fraction of sp³-hybridized carbons (Fsp3) is 0.462. The average Bonchev–Trinajstić information content (AvgIpc) is 2.31. The maximum atomic E-state index is 11.9. The Morgan fingerprint density at radius 2 is 2.12 bits per heavy atom. The summed E-state index contributed by atoms with van der Waals surface area (Å²) in [4.78, 5) is 13.6. The SMILES string of the molecule is CCC[C@H](N)C(=O)N(C)Cc1ccccc1Br. The van der Waals surface area contributed by atoms with Gasteiger partial charge in [0.2, 0.25) is 5.91 Å². The minimum atomic E-state index is -0.382. The van der Waals surface area contributed by atoms with E-state index in [0.717, 1.165) is 22.9 Å². The Morgan fingerprint density at radius 1 is 1.47 bits per heavy atom. The second-order valence-electron chi connectivity index (χ2n) is 4.18. The zero-order valence-corrected chi connectivity index (χ0v) is 11.9. The van der Waals surface area contributed by atoms with Crippen molar-refractivity contribution in [3.8, 4) is 0 Å². The second-order valence-corrected chi connectivity index (χ2v) is 5.04. The van der Waals surface area contributed by atoms with Gasteiger partial charge in [0.25, 0.3) is 0 Å². The van der Waals surface area contributed by atoms with Crippen molar-refractivity contribution in [2.45, 2.75) is 32.4 Å². The van der Waals surface area contributed by atoms with Gasteiger partial charge in [-0.2, -0.15) is 0 Å². The van der Waals surface area contributed by atoms with Crippen molar-refractivity contribution in [1.82, 2.24) is 4.90 Å². The fourth-order valence-electron chi connectivity index (χ4n) is 1.68. The van der Waals surface area contributed by atoms with Gasteiger partial charge >= 0.3 is 0 Å². The molecule has 1 rings (SSSR count). The average molecular weight is 299 g/mol. The van der Waals surface area contributed by atoms with Crippen LogP contribution in [0.2, 0.25) is 0 Å². The van der Waals surface area contributed by atoms with E-state index < -0.39 is 0 Å². The molecule has 0 spiro atoms. The number of carbonyl (C=O) groups excluding carboxylic acids is 1. The summed E-state index contributed by atoms with van der Waals surface area (Å²) in [6.07, 6.45) is 1.66. The Balaban J connectivity index is 2.63. The molecule has 0 radical (unpaired) electrons. The minimum absolute atomic E-state index is 0.00241. The largest absolute Gasteiger partial charge is 0.340 e. The monoisotopic (exact) mass is 298 g/mol. The molecule has 0 aromatic heterocycles. The van der Waals surface area contributed by atoms with Gasteiger partial charge in [0, 0.05) is 18.1 Å². The number of hydrogen-bond donors (Lipinski definition) is 1. The minimum Gasteiger partial charge on any atom is -0.340 e. The molecule has 1 aromatic carbocycles. The number of likely N-dealkylation sites (N-methyl/N-ethyl adjacent to an activating group) is 1. The number of amides is 1. The Hall–Kier alpha value is -0.870. The van der Waals surface area contributed by atoms with Crippen LogP contribution < -0.4 is 5.73 Å². The van der Waals surface area contributed by atoms with Crippen molar-refractivity contribution in [2.24, 2.45) is 5.73 Å². The summed E-state index contributed by atoms with van der Waals surface area (Å²) in [7, 11) is 1.79. The van der Waals surface area contributed by atoms with Crippen LogP contribution in [0.15, 0.2) is 28.7 Å². The fourth-order valence-corrected chi connectivity index (χ4v) is 2.09. The number of rotatable bonds is 5. The van der Waals surface area contributed by atoms with Crippen molar-refractivity contribution < 1.29 is 4.79 Å². The lowest BCUT2D eigenvalue weighted by Crippen LogP contribution is -2.41. The number of carbonyl (C=O) groups is 1. The predicted octanol–water partition coefficient (Wildman–Crippen LogP) is 2.53. The quantitative estimate of drug-likeness (QED) is 0.908. The van der Waals surface area contributed by atoms with E-state index in [0.29, 0.717) is 6.54 Å². The Kier molecular flexibility index (Phi) is 5.65. The normalized spacial score (nSPS) is 12.2. The highest BCUT2D eigenvalue weighted by Gasteiger charge is 2.17. The van der Waals surface area contributed by atoms with Gasteiger partial charge in [-0.15, -0.1) is 0 Å². The number of hydrogen-bond acceptors (Lipinski definition) is 2. The molecule has 3 nitrogen and oxygen atoms in total. The molecule has 0 aliphatic carbocycles. The first kappa shape index (κ1) is 14.2. The molecule has 0 unspecified atom stereocenters. The molecule has 4 heteroatoms. The van der Waals surface area contributed by atoms with Crippen LogP contribution in [0.1, 0.15) is 25.3 Å². The smallest absolute Gasteiger partial charge is 0.239 e. The third kappa shape index (κ3) is 4.13. The van der Waals surface area contributed by atoms with E-state index in [1.54, 1.807) is 11.9 Å². The number of halogens is 1. The van der Waals surface area contributed by atoms with E-state index >= 15 is 0 Å². The molecule has 0 saturated heterocycles. The number of benzene rings is 1. The summed E-state index contributed by atoms with van der Waals surface area (Å²) >= 11 is 3.47. The highest BCUT2D eigenvalue weighted by molar-refractivity contribution is 9.10. The van der Waals surface area contributed by atoms with Crippen LogP contribution >= 0.6 is 15.9 Å². The Labute approximate surface area is 111 Å². The number of nitrogens with zero attached hydrogens (tertiary/aromatic N) is 1. The van der Waals surface area contributed by atoms with E-state index in [4.69, 9.17) is 5.73 Å². The lowest BCUT2D eigenvalue weighted by Gasteiger charge is -2.21. The van der Waals surface area contributed by atoms with E-state index in [-0.39, 0.29) is 11.9 Å². The van der Waals surface area contributed by atoms with Gasteiger partial charge in [-0.1, -0.05) is 47.5 Å². The molecule has 0 aliphatic rings. The number of nitrogens with two attached hydrogens (primary N) is 1. The maximum Gasteiger partial charge on any atom is 0.239 e. The zero-order chi connectivity index (χ0) is 12.8. The van der Waals surface area contributed by atoms with Gasteiger partial charge in [0.1, 0.15) is 0 Å². The lowest BCUT2D eigenvalue weighted by atomic mass is 10.1. The Bertz CT molecular complexity index is 381. The molecule has 1 aromatic rings. The molecule has 0 saturated carbocycles. The molecule has 0 bridgehead atoms. The summed E-state index contributed by atoms with van der Waals surface area (Å²) in [6, 6.07) is 7.51. The topological polar surface area (TPSA) is 46.3 Å². The van der Waals surface area contributed by atoms with Crippen LogP contribution in [0.3, 0.4) is 0 Å². The van der Waals surface area contributed by atoms with Crippen LogP contribution in [0.25, 0.3) is 0 Å². The lowest BCUT2D eigenvalue weighted by molar-refractivity contribution is -0.132. The van der Waals surface area contributed by atoms with E-state index in [1.165, 1.54) is 0 Å². The highest BCUT2D eigenvalue weighted by Crippen LogP contribution is 2.17. The molecule has 0 fully saturated rings. The Morgan fingerprint density at radius 3 is 2.71 bits per heavy atom. The summed E-state index contributed by atoms with van der Waals surface area (Å²) in [5.41, 5.74) is 6.91. The van der Waals surface area contributed by atoms with Crippen LogP contribution in [-0.4, -0.2) is 23.9 Å². The molecule has 0 heterocycles. The van der Waals surface area contributed by atoms with Crippen molar-refractivity contribution in [3.63, 3.8) is 0 Å². The molecule has 1 amide bonds. The first-order valence-electron chi connectivity index (χ1n) is 5.80. The van der Waals surface area contributed by atoms with Crippen molar-refractivity contribution in [2.75, 3.05) is 7.05 Å². The first-order chi connectivity index (χ1) is 8.06. The molecular formula is C13H19BrN2O. The van der Waals surface area contributed by atoms with Gasteiger partial charge in [0.05, 0.1) is 6.04 Å². The van der Waals surface area contributed by atoms with Gasteiger partial charge in [-0.25, -0.2) is 0 Å². The third-order valence-corrected chi connectivity index (χ3v) is 3.43. The third-order valence-electron chi connectivity index (χ3n) is 2.66. The highest BCUT2D eigenvalue weighted by atomic mass is 79.9. The van der Waals surface area contributed by atoms with Crippen LogP contribution in [0, 0.1) is 0 Å². The summed E-state index contributed by atoms with van der Waals surface area (Å²) < 4.78 is 1.02. The zero-order valence-electron chi connectivity index (χ0n) is 10.3. The van der Waals surface area contributed by atoms with Crippen molar-refractivity contribution in [3.05, 3.63) is 34.3 Å². The molecule has 94 valence electrons. The van der Waals surface area contributed by atoms with Crippen LogP contribution in [0.4, 0.5) is 0 Å². The molecule has 0 aliphatic heterocycles. The standard InChI is InChI=1S/C13H19BrN2O/c1-3-6-12(15)13(17)16(2)9-10-7-4-5-8-11(10)14/h4-5,7-8,12H,3,6,9,15H2,1-2H3/t12-/m0/s1. The van der Waals surface area contributed by atoms with Gasteiger partial charge in [0.15, 0.2) is 0 Å². The summed E-state index contributed by atoms with van der Waals surface area (Å²) in [5.74, 6) is 0.00241. The summed E-state index contributed by atoms with van der Waals surface area (Å²) in [5, 5.41) is 0. The first-order valence-corrected chi connectivity index (χ1v) is 6.59. The maximum absolute atomic E-state index is 11.9. The predicted molar refractivity (Wildman–Crippen MR) is 73.5 cm³/mol. The van der Waals surface area contributed by atoms with Gasteiger partial charge in [-0.3, -0.25) is 4.79 Å².